The lowest BCUT2D eigenvalue weighted by Crippen LogP contribution is -2.52. The molecule has 0 aliphatic heterocycles. The van der Waals surface area contributed by atoms with Gasteiger partial charge in [0.15, 0.2) is 0 Å². The Morgan fingerprint density at radius 3 is 2.11 bits per heavy atom. The van der Waals surface area contributed by atoms with Gasteiger partial charge in [0.2, 0.25) is 11.8 Å². The summed E-state index contributed by atoms with van der Waals surface area (Å²) in [5.74, 6) is -0.819. The fourth-order valence-corrected chi connectivity index (χ4v) is 5.34. The fraction of sp³-hybridized carbons (Fsp3) is 0.310. The van der Waals surface area contributed by atoms with Crippen LogP contribution in [0.3, 0.4) is 0 Å². The van der Waals surface area contributed by atoms with E-state index in [2.05, 4.69) is 5.32 Å². The van der Waals surface area contributed by atoms with Gasteiger partial charge < -0.3 is 10.2 Å². The highest BCUT2D eigenvalue weighted by molar-refractivity contribution is 7.92. The average molecular weight is 556 g/mol. The Kier molecular flexibility index (Phi) is 9.94. The zero-order chi connectivity index (χ0) is 27.9. The number of benzene rings is 3. The van der Waals surface area contributed by atoms with E-state index in [1.165, 1.54) is 17.0 Å². The second-order valence-corrected chi connectivity index (χ2v) is 11.6. The number of amides is 2. The van der Waals surface area contributed by atoms with E-state index in [0.717, 1.165) is 21.9 Å². The van der Waals surface area contributed by atoms with Gasteiger partial charge in [-0.1, -0.05) is 66.6 Å². The molecule has 0 unspecified atom stereocenters. The standard InChI is InChI=1S/C29H34ClN3O4S/c1-5-22(3)31-29(35)23(4)32(19-24-13-15-25(30)16-14-24)28(34)20-33(26-9-7-6-8-10-26)38(36,37)27-17-11-21(2)12-18-27/h6-18,22-23H,5,19-20H2,1-4H3,(H,31,35)/t22-,23+/m0/s1. The topological polar surface area (TPSA) is 86.8 Å². The minimum Gasteiger partial charge on any atom is -0.352 e. The van der Waals surface area contributed by atoms with Crippen LogP contribution in [0.1, 0.15) is 38.3 Å². The van der Waals surface area contributed by atoms with Gasteiger partial charge in [-0.2, -0.15) is 0 Å². The van der Waals surface area contributed by atoms with Gasteiger partial charge >= 0.3 is 0 Å². The quantitative estimate of drug-likeness (QED) is 0.353. The number of rotatable bonds is 11. The summed E-state index contributed by atoms with van der Waals surface area (Å²) in [6.07, 6.45) is 0.736. The number of carbonyl (C=O) groups is 2. The van der Waals surface area contributed by atoms with Gasteiger partial charge in [0.25, 0.3) is 10.0 Å². The molecule has 0 spiro atoms. The summed E-state index contributed by atoms with van der Waals surface area (Å²) >= 11 is 6.03. The first kappa shape index (κ1) is 29.2. The van der Waals surface area contributed by atoms with E-state index in [1.54, 1.807) is 73.7 Å². The number of hydrogen-bond acceptors (Lipinski definition) is 4. The molecule has 0 radical (unpaired) electrons. The Balaban J connectivity index is 1.99. The minimum atomic E-state index is -4.08. The molecule has 0 aliphatic carbocycles. The van der Waals surface area contributed by atoms with Crippen molar-refractivity contribution in [1.82, 2.24) is 10.2 Å². The molecule has 3 aromatic carbocycles. The monoisotopic (exact) mass is 555 g/mol. The van der Waals surface area contributed by atoms with Gasteiger partial charge in [0, 0.05) is 17.6 Å². The summed E-state index contributed by atoms with van der Waals surface area (Å²) in [7, 11) is -4.08. The second kappa shape index (κ2) is 12.9. The predicted molar refractivity (Wildman–Crippen MR) is 152 cm³/mol. The van der Waals surface area contributed by atoms with Crippen molar-refractivity contribution >= 4 is 39.1 Å². The molecule has 2 amide bonds. The normalized spacial score (nSPS) is 12.9. The van der Waals surface area contributed by atoms with Crippen LogP contribution in [0, 0.1) is 6.92 Å². The Morgan fingerprint density at radius 1 is 0.921 bits per heavy atom. The van der Waals surface area contributed by atoms with Gasteiger partial charge in [-0.15, -0.1) is 0 Å². The predicted octanol–water partition coefficient (Wildman–Crippen LogP) is 5.18. The van der Waals surface area contributed by atoms with E-state index in [0.29, 0.717) is 10.7 Å². The summed E-state index contributed by atoms with van der Waals surface area (Å²) in [5.41, 5.74) is 2.03. The van der Waals surface area contributed by atoms with Crippen LogP contribution < -0.4 is 9.62 Å². The zero-order valence-electron chi connectivity index (χ0n) is 22.1. The summed E-state index contributed by atoms with van der Waals surface area (Å²) in [6.45, 7) is 7.00. The lowest BCUT2D eigenvalue weighted by molar-refractivity contribution is -0.139. The van der Waals surface area contributed by atoms with E-state index >= 15 is 0 Å². The number of nitrogens with one attached hydrogen (secondary N) is 1. The molecule has 7 nitrogen and oxygen atoms in total. The van der Waals surface area contributed by atoms with Gasteiger partial charge in [-0.05, 0) is 69.2 Å². The third-order valence-electron chi connectivity index (χ3n) is 6.37. The van der Waals surface area contributed by atoms with Crippen LogP contribution in [0.5, 0.6) is 0 Å². The molecule has 0 saturated carbocycles. The fourth-order valence-electron chi connectivity index (χ4n) is 3.80. The SMILES string of the molecule is CC[C@H](C)NC(=O)[C@@H](C)N(Cc1ccc(Cl)cc1)C(=O)CN(c1ccccc1)S(=O)(=O)c1ccc(C)cc1. The molecule has 0 bridgehead atoms. The smallest absolute Gasteiger partial charge is 0.264 e. The van der Waals surface area contributed by atoms with Crippen molar-refractivity contribution < 1.29 is 18.0 Å². The molecular weight excluding hydrogens is 522 g/mol. The van der Waals surface area contributed by atoms with Crippen molar-refractivity contribution in [1.29, 1.82) is 0 Å². The van der Waals surface area contributed by atoms with Crippen LogP contribution in [0.25, 0.3) is 0 Å². The molecule has 3 aromatic rings. The summed E-state index contributed by atoms with van der Waals surface area (Å²) in [4.78, 5) is 28.4. The highest BCUT2D eigenvalue weighted by atomic mass is 35.5. The number of nitrogens with zero attached hydrogens (tertiary/aromatic N) is 2. The summed E-state index contributed by atoms with van der Waals surface area (Å²) < 4.78 is 28.6. The molecule has 9 heteroatoms. The van der Waals surface area contributed by atoms with Crippen molar-refractivity contribution in [2.45, 2.75) is 57.6 Å². The summed E-state index contributed by atoms with van der Waals surface area (Å²) in [5, 5.41) is 3.47. The highest BCUT2D eigenvalue weighted by Gasteiger charge is 2.32. The van der Waals surface area contributed by atoms with E-state index < -0.39 is 28.5 Å². The number of hydrogen-bond donors (Lipinski definition) is 1. The number of aryl methyl sites for hydroxylation is 1. The molecule has 0 aromatic heterocycles. The van der Waals surface area contributed by atoms with Crippen LogP contribution in [0.2, 0.25) is 5.02 Å². The molecule has 2 atom stereocenters. The van der Waals surface area contributed by atoms with E-state index in [-0.39, 0.29) is 23.4 Å². The van der Waals surface area contributed by atoms with Crippen LogP contribution in [-0.2, 0) is 26.2 Å². The van der Waals surface area contributed by atoms with Crippen LogP contribution in [-0.4, -0.2) is 43.8 Å². The Labute approximate surface area is 230 Å². The maximum Gasteiger partial charge on any atom is 0.264 e. The average Bonchev–Trinajstić information content (AvgIpc) is 2.91. The lowest BCUT2D eigenvalue weighted by Gasteiger charge is -2.32. The van der Waals surface area contributed by atoms with E-state index in [9.17, 15) is 18.0 Å². The van der Waals surface area contributed by atoms with Crippen molar-refractivity contribution in [3.63, 3.8) is 0 Å². The molecule has 202 valence electrons. The first-order valence-electron chi connectivity index (χ1n) is 12.5. The first-order valence-corrected chi connectivity index (χ1v) is 14.3. The summed E-state index contributed by atoms with van der Waals surface area (Å²) in [6, 6.07) is 21.0. The van der Waals surface area contributed by atoms with Gasteiger partial charge in [-0.3, -0.25) is 13.9 Å². The van der Waals surface area contributed by atoms with Crippen LogP contribution >= 0.6 is 11.6 Å². The van der Waals surface area contributed by atoms with Gasteiger partial charge in [0.05, 0.1) is 10.6 Å². The van der Waals surface area contributed by atoms with E-state index in [1.807, 2.05) is 20.8 Å². The van der Waals surface area contributed by atoms with Gasteiger partial charge in [-0.25, -0.2) is 8.42 Å². The van der Waals surface area contributed by atoms with Crippen molar-refractivity contribution in [3.05, 3.63) is 95.0 Å². The third kappa shape index (κ3) is 7.36. The largest absolute Gasteiger partial charge is 0.352 e. The lowest BCUT2D eigenvalue weighted by atomic mass is 10.1. The highest BCUT2D eigenvalue weighted by Crippen LogP contribution is 2.25. The second-order valence-electron chi connectivity index (χ2n) is 9.30. The molecule has 1 N–H and O–H groups in total. The van der Waals surface area contributed by atoms with Crippen LogP contribution in [0.4, 0.5) is 5.69 Å². The minimum absolute atomic E-state index is 0.0693. The maximum absolute atomic E-state index is 13.8. The molecular formula is C29H34ClN3O4S. The maximum atomic E-state index is 13.8. The van der Waals surface area contributed by atoms with Crippen molar-refractivity contribution in [3.8, 4) is 0 Å². The Hall–Kier alpha value is -3.36. The van der Waals surface area contributed by atoms with Crippen LogP contribution in [0.15, 0.2) is 83.8 Å². The molecule has 0 fully saturated rings. The number of anilines is 1. The molecule has 0 aliphatic rings. The molecule has 38 heavy (non-hydrogen) atoms. The van der Waals surface area contributed by atoms with Crippen molar-refractivity contribution in [2.75, 3.05) is 10.8 Å². The number of carbonyl (C=O) groups excluding carboxylic acids is 2. The number of sulfonamides is 1. The Bertz CT molecular complexity index is 1330. The third-order valence-corrected chi connectivity index (χ3v) is 8.41. The number of halogens is 1. The Morgan fingerprint density at radius 2 is 1.53 bits per heavy atom. The molecule has 0 saturated heterocycles. The van der Waals surface area contributed by atoms with E-state index in [4.69, 9.17) is 11.6 Å². The van der Waals surface area contributed by atoms with Crippen molar-refractivity contribution in [2.24, 2.45) is 0 Å². The zero-order valence-corrected chi connectivity index (χ0v) is 23.7. The number of para-hydroxylation sites is 1. The molecule has 0 heterocycles. The van der Waals surface area contributed by atoms with Gasteiger partial charge in [0.1, 0.15) is 12.6 Å². The molecule has 3 rings (SSSR count). The first-order chi connectivity index (χ1) is 18.0.